The molecular weight excluding hydrogens is 228 g/mol. The lowest BCUT2D eigenvalue weighted by Gasteiger charge is -2.01. The SMILES string of the molecule is Oc1cccc(Cn2cnc(CNC3CC3)n2)c1. The number of aromatic hydroxyl groups is 1. The third kappa shape index (κ3) is 2.87. The van der Waals surface area contributed by atoms with Crippen LogP contribution in [0.1, 0.15) is 24.2 Å². The lowest BCUT2D eigenvalue weighted by molar-refractivity contribution is 0.474. The highest BCUT2D eigenvalue weighted by atomic mass is 16.3. The zero-order chi connectivity index (χ0) is 12.4. The van der Waals surface area contributed by atoms with Gasteiger partial charge in [-0.15, -0.1) is 0 Å². The maximum Gasteiger partial charge on any atom is 0.164 e. The summed E-state index contributed by atoms with van der Waals surface area (Å²) in [4.78, 5) is 4.26. The minimum atomic E-state index is 0.281. The fourth-order valence-corrected chi connectivity index (χ4v) is 1.86. The van der Waals surface area contributed by atoms with Gasteiger partial charge >= 0.3 is 0 Å². The Balaban J connectivity index is 1.61. The van der Waals surface area contributed by atoms with Crippen LogP contribution in [-0.4, -0.2) is 25.9 Å². The third-order valence-electron chi connectivity index (χ3n) is 2.97. The van der Waals surface area contributed by atoms with E-state index in [0.717, 1.165) is 17.9 Å². The van der Waals surface area contributed by atoms with Gasteiger partial charge in [-0.3, -0.25) is 0 Å². The van der Waals surface area contributed by atoms with E-state index in [2.05, 4.69) is 15.4 Å². The number of phenols is 1. The van der Waals surface area contributed by atoms with Gasteiger partial charge in [0.2, 0.25) is 0 Å². The predicted molar refractivity (Wildman–Crippen MR) is 67.1 cm³/mol. The molecule has 94 valence electrons. The van der Waals surface area contributed by atoms with E-state index in [0.29, 0.717) is 12.6 Å². The van der Waals surface area contributed by atoms with Crippen molar-refractivity contribution < 1.29 is 5.11 Å². The van der Waals surface area contributed by atoms with Gasteiger partial charge in [0.05, 0.1) is 13.1 Å². The molecule has 5 heteroatoms. The molecule has 0 amide bonds. The average Bonchev–Trinajstić information content (AvgIpc) is 3.08. The molecule has 1 fully saturated rings. The van der Waals surface area contributed by atoms with Crippen molar-refractivity contribution in [2.24, 2.45) is 0 Å². The molecule has 0 saturated heterocycles. The molecule has 1 aromatic carbocycles. The predicted octanol–water partition coefficient (Wildman–Crippen LogP) is 1.28. The Morgan fingerprint density at radius 2 is 2.28 bits per heavy atom. The van der Waals surface area contributed by atoms with Crippen molar-refractivity contribution in [3.8, 4) is 5.75 Å². The molecule has 1 aliphatic rings. The summed E-state index contributed by atoms with van der Waals surface area (Å²) < 4.78 is 1.79. The van der Waals surface area contributed by atoms with Crippen LogP contribution in [0.4, 0.5) is 0 Å². The van der Waals surface area contributed by atoms with E-state index in [1.165, 1.54) is 12.8 Å². The van der Waals surface area contributed by atoms with Crippen LogP contribution in [0.15, 0.2) is 30.6 Å². The largest absolute Gasteiger partial charge is 0.508 e. The first-order valence-electron chi connectivity index (χ1n) is 6.19. The average molecular weight is 244 g/mol. The highest BCUT2D eigenvalue weighted by molar-refractivity contribution is 5.27. The summed E-state index contributed by atoms with van der Waals surface area (Å²) in [6, 6.07) is 7.86. The number of hydrogen-bond donors (Lipinski definition) is 2. The van der Waals surface area contributed by atoms with E-state index in [9.17, 15) is 5.11 Å². The van der Waals surface area contributed by atoms with Crippen LogP contribution in [0.3, 0.4) is 0 Å². The molecule has 18 heavy (non-hydrogen) atoms. The Hall–Kier alpha value is -1.88. The molecule has 2 N–H and O–H groups in total. The second-order valence-corrected chi connectivity index (χ2v) is 4.68. The first-order chi connectivity index (χ1) is 8.79. The maximum absolute atomic E-state index is 9.39. The van der Waals surface area contributed by atoms with Gasteiger partial charge in [0, 0.05) is 6.04 Å². The molecule has 3 rings (SSSR count). The monoisotopic (exact) mass is 244 g/mol. The maximum atomic E-state index is 9.39. The third-order valence-corrected chi connectivity index (χ3v) is 2.97. The number of phenolic OH excluding ortho intramolecular Hbond substituents is 1. The molecule has 0 spiro atoms. The summed E-state index contributed by atoms with van der Waals surface area (Å²) in [5.74, 6) is 1.10. The normalized spacial score (nSPS) is 14.9. The molecule has 0 bridgehead atoms. The molecule has 5 nitrogen and oxygen atoms in total. The van der Waals surface area contributed by atoms with Gasteiger partial charge in [0.15, 0.2) is 5.82 Å². The van der Waals surface area contributed by atoms with Crippen molar-refractivity contribution in [3.05, 3.63) is 42.0 Å². The first-order valence-corrected chi connectivity index (χ1v) is 6.19. The molecular formula is C13H16N4O. The van der Waals surface area contributed by atoms with Crippen LogP contribution in [-0.2, 0) is 13.1 Å². The van der Waals surface area contributed by atoms with E-state index < -0.39 is 0 Å². The molecule has 2 aromatic rings. The lowest BCUT2D eigenvalue weighted by atomic mass is 10.2. The smallest absolute Gasteiger partial charge is 0.164 e. The molecule has 1 aromatic heterocycles. The van der Waals surface area contributed by atoms with Gasteiger partial charge in [0.1, 0.15) is 12.1 Å². The molecule has 1 saturated carbocycles. The molecule has 0 unspecified atom stereocenters. The van der Waals surface area contributed by atoms with E-state index in [1.807, 2.05) is 12.1 Å². The van der Waals surface area contributed by atoms with Gasteiger partial charge < -0.3 is 10.4 Å². The van der Waals surface area contributed by atoms with Crippen molar-refractivity contribution in [2.45, 2.75) is 32.0 Å². The van der Waals surface area contributed by atoms with Gasteiger partial charge in [0.25, 0.3) is 0 Å². The van der Waals surface area contributed by atoms with Crippen LogP contribution < -0.4 is 5.32 Å². The number of nitrogens with one attached hydrogen (secondary N) is 1. The highest BCUT2D eigenvalue weighted by Gasteiger charge is 2.20. The molecule has 0 atom stereocenters. The van der Waals surface area contributed by atoms with E-state index >= 15 is 0 Å². The van der Waals surface area contributed by atoms with Crippen LogP contribution >= 0.6 is 0 Å². The number of rotatable bonds is 5. The summed E-state index contributed by atoms with van der Waals surface area (Å²) >= 11 is 0. The van der Waals surface area contributed by atoms with Crippen LogP contribution in [0.25, 0.3) is 0 Å². The Bertz CT molecular complexity index is 533. The van der Waals surface area contributed by atoms with Gasteiger partial charge in [-0.2, -0.15) is 5.10 Å². The van der Waals surface area contributed by atoms with E-state index in [-0.39, 0.29) is 5.75 Å². The Labute approximate surface area is 105 Å². The number of nitrogens with zero attached hydrogens (tertiary/aromatic N) is 3. The molecule has 1 heterocycles. The lowest BCUT2D eigenvalue weighted by Crippen LogP contribution is -2.16. The molecule has 0 aliphatic heterocycles. The highest BCUT2D eigenvalue weighted by Crippen LogP contribution is 2.18. The van der Waals surface area contributed by atoms with Crippen molar-refractivity contribution >= 4 is 0 Å². The van der Waals surface area contributed by atoms with Gasteiger partial charge in [-0.1, -0.05) is 12.1 Å². The summed E-state index contributed by atoms with van der Waals surface area (Å²) in [5, 5.41) is 17.2. The van der Waals surface area contributed by atoms with Gasteiger partial charge in [-0.05, 0) is 30.5 Å². The van der Waals surface area contributed by atoms with Crippen molar-refractivity contribution in [1.82, 2.24) is 20.1 Å². The zero-order valence-corrected chi connectivity index (χ0v) is 10.1. The molecule has 1 aliphatic carbocycles. The Kier molecular flexibility index (Phi) is 2.98. The summed E-state index contributed by atoms with van der Waals surface area (Å²) in [6.07, 6.45) is 4.27. The van der Waals surface area contributed by atoms with Crippen LogP contribution in [0.2, 0.25) is 0 Å². The van der Waals surface area contributed by atoms with Crippen LogP contribution in [0.5, 0.6) is 5.75 Å². The fraction of sp³-hybridized carbons (Fsp3) is 0.385. The Morgan fingerprint density at radius 3 is 3.06 bits per heavy atom. The topological polar surface area (TPSA) is 63.0 Å². The zero-order valence-electron chi connectivity index (χ0n) is 10.1. The fourth-order valence-electron chi connectivity index (χ4n) is 1.86. The second kappa shape index (κ2) is 4.78. The summed E-state index contributed by atoms with van der Waals surface area (Å²) in [7, 11) is 0. The van der Waals surface area contributed by atoms with Crippen molar-refractivity contribution in [3.63, 3.8) is 0 Å². The molecule has 0 radical (unpaired) electrons. The minimum Gasteiger partial charge on any atom is -0.508 e. The van der Waals surface area contributed by atoms with Gasteiger partial charge in [-0.25, -0.2) is 9.67 Å². The van der Waals surface area contributed by atoms with Crippen LogP contribution in [0, 0.1) is 0 Å². The summed E-state index contributed by atoms with van der Waals surface area (Å²) in [5.41, 5.74) is 1.02. The van der Waals surface area contributed by atoms with E-state index in [1.54, 1.807) is 23.1 Å². The van der Waals surface area contributed by atoms with Crippen molar-refractivity contribution in [1.29, 1.82) is 0 Å². The Morgan fingerprint density at radius 1 is 1.39 bits per heavy atom. The minimum absolute atomic E-state index is 0.281. The van der Waals surface area contributed by atoms with Crippen molar-refractivity contribution in [2.75, 3.05) is 0 Å². The number of aromatic nitrogens is 3. The summed E-state index contributed by atoms with van der Waals surface area (Å²) in [6.45, 7) is 1.36. The second-order valence-electron chi connectivity index (χ2n) is 4.68. The first kappa shape index (κ1) is 11.2. The number of hydrogen-bond acceptors (Lipinski definition) is 4. The quantitative estimate of drug-likeness (QED) is 0.831. The van der Waals surface area contributed by atoms with E-state index in [4.69, 9.17) is 0 Å². The number of benzene rings is 1. The standard InChI is InChI=1S/C13H16N4O/c18-12-3-1-2-10(6-12)8-17-9-15-13(16-17)7-14-11-4-5-11/h1-3,6,9,11,14,18H,4-5,7-8H2.